The van der Waals surface area contributed by atoms with Crippen LogP contribution in [0.25, 0.3) is 11.0 Å². The number of hydrogen-bond acceptors (Lipinski definition) is 3. The van der Waals surface area contributed by atoms with Crippen LogP contribution in [0.3, 0.4) is 0 Å². The molecule has 2 aromatic heterocycles. The second-order valence-electron chi connectivity index (χ2n) is 4.78. The smallest absolute Gasteiger partial charge is 0.224 e. The Morgan fingerprint density at radius 3 is 3.11 bits per heavy atom. The summed E-state index contributed by atoms with van der Waals surface area (Å²) in [5.74, 6) is 0. The first-order valence-corrected chi connectivity index (χ1v) is 6.34. The Balaban J connectivity index is 2.01. The molecule has 0 bridgehead atoms. The van der Waals surface area contributed by atoms with Crippen molar-refractivity contribution in [3.8, 4) is 0 Å². The predicted octanol–water partition coefficient (Wildman–Crippen LogP) is 2.30. The maximum absolute atomic E-state index is 14.2. The molecule has 1 aliphatic heterocycles. The molecular weight excluding hydrogens is 255 g/mol. The van der Waals surface area contributed by atoms with E-state index in [1.165, 1.54) is 0 Å². The fourth-order valence-electron chi connectivity index (χ4n) is 2.54. The number of hydrogen-bond donors (Lipinski definition) is 0. The van der Waals surface area contributed by atoms with Gasteiger partial charge in [0, 0.05) is 30.9 Å². The lowest BCUT2D eigenvalue weighted by molar-refractivity contribution is 0.109. The zero-order valence-corrected chi connectivity index (χ0v) is 10.8. The highest BCUT2D eigenvalue weighted by molar-refractivity contribution is 6.28. The van der Waals surface area contributed by atoms with Crippen molar-refractivity contribution in [2.24, 2.45) is 0 Å². The molecule has 0 N–H and O–H groups in total. The summed E-state index contributed by atoms with van der Waals surface area (Å²) in [4.78, 5) is 10.1. The number of rotatable bonds is 1. The zero-order chi connectivity index (χ0) is 12.7. The van der Waals surface area contributed by atoms with Gasteiger partial charge in [0.1, 0.15) is 11.8 Å². The van der Waals surface area contributed by atoms with Crippen LogP contribution in [0.2, 0.25) is 5.28 Å². The molecule has 4 nitrogen and oxygen atoms in total. The van der Waals surface area contributed by atoms with Crippen molar-refractivity contribution in [2.75, 3.05) is 20.1 Å². The Morgan fingerprint density at radius 2 is 2.33 bits per heavy atom. The van der Waals surface area contributed by atoms with Gasteiger partial charge in [-0.05, 0) is 31.1 Å². The van der Waals surface area contributed by atoms with E-state index >= 15 is 0 Å². The van der Waals surface area contributed by atoms with Gasteiger partial charge in [-0.25, -0.2) is 9.37 Å². The van der Waals surface area contributed by atoms with E-state index in [9.17, 15) is 4.39 Å². The molecule has 0 unspecified atom stereocenters. The largest absolute Gasteiger partial charge is 0.326 e. The third-order valence-corrected chi connectivity index (χ3v) is 3.68. The van der Waals surface area contributed by atoms with Crippen molar-refractivity contribution >= 4 is 22.6 Å². The highest BCUT2D eigenvalue weighted by Crippen LogP contribution is 2.28. The van der Waals surface area contributed by atoms with Gasteiger partial charge in [0.2, 0.25) is 5.28 Å². The third kappa shape index (κ3) is 1.97. The molecule has 0 amide bonds. The molecule has 96 valence electrons. The van der Waals surface area contributed by atoms with Crippen molar-refractivity contribution in [1.29, 1.82) is 0 Å². The van der Waals surface area contributed by atoms with Crippen LogP contribution in [0.5, 0.6) is 0 Å². The molecule has 18 heavy (non-hydrogen) atoms. The maximum Gasteiger partial charge on any atom is 0.224 e. The maximum atomic E-state index is 14.2. The Morgan fingerprint density at radius 1 is 1.50 bits per heavy atom. The molecule has 1 fully saturated rings. The summed E-state index contributed by atoms with van der Waals surface area (Å²) < 4.78 is 16.0. The molecule has 1 aliphatic rings. The Bertz CT molecular complexity index is 570. The van der Waals surface area contributed by atoms with Crippen LogP contribution in [-0.4, -0.2) is 45.7 Å². The number of piperidine rings is 1. The molecule has 0 aromatic carbocycles. The van der Waals surface area contributed by atoms with Crippen molar-refractivity contribution in [1.82, 2.24) is 19.4 Å². The molecule has 3 rings (SSSR count). The second-order valence-corrected chi connectivity index (χ2v) is 5.11. The van der Waals surface area contributed by atoms with Gasteiger partial charge in [-0.15, -0.1) is 0 Å². The van der Waals surface area contributed by atoms with Gasteiger partial charge in [0.25, 0.3) is 0 Å². The second kappa shape index (κ2) is 4.48. The summed E-state index contributed by atoms with van der Waals surface area (Å²) in [6, 6.07) is 1.74. The lowest BCUT2D eigenvalue weighted by atomic mass is 10.0. The molecule has 1 saturated heterocycles. The summed E-state index contributed by atoms with van der Waals surface area (Å²) in [7, 11) is 1.94. The number of alkyl halides is 1. The van der Waals surface area contributed by atoms with E-state index in [2.05, 4.69) is 9.97 Å². The van der Waals surface area contributed by atoms with Gasteiger partial charge in [-0.2, -0.15) is 4.98 Å². The molecule has 0 spiro atoms. The summed E-state index contributed by atoms with van der Waals surface area (Å²) in [6.07, 6.45) is 3.44. The van der Waals surface area contributed by atoms with Crippen LogP contribution in [0, 0.1) is 0 Å². The van der Waals surface area contributed by atoms with Gasteiger partial charge < -0.3 is 9.47 Å². The average molecular weight is 269 g/mol. The number of nitrogens with zero attached hydrogens (tertiary/aromatic N) is 4. The topological polar surface area (TPSA) is 34.0 Å². The zero-order valence-electron chi connectivity index (χ0n) is 10.1. The van der Waals surface area contributed by atoms with Gasteiger partial charge in [0.15, 0.2) is 0 Å². The summed E-state index contributed by atoms with van der Waals surface area (Å²) in [6.45, 7) is 1.35. The van der Waals surface area contributed by atoms with E-state index in [0.717, 1.165) is 18.4 Å². The minimum atomic E-state index is -0.881. The molecule has 2 aromatic rings. The molecule has 0 aliphatic carbocycles. The number of fused-ring (bicyclic) bond motifs is 1. The fraction of sp³-hybridized carbons (Fsp3) is 0.500. The minimum Gasteiger partial charge on any atom is -0.326 e. The van der Waals surface area contributed by atoms with Crippen LogP contribution >= 0.6 is 11.6 Å². The normalized spacial score (nSPS) is 25.7. The molecule has 0 radical (unpaired) electrons. The van der Waals surface area contributed by atoms with Gasteiger partial charge in [0.05, 0.1) is 6.04 Å². The quantitative estimate of drug-likeness (QED) is 0.744. The molecule has 3 heterocycles. The van der Waals surface area contributed by atoms with E-state index in [-0.39, 0.29) is 11.3 Å². The van der Waals surface area contributed by atoms with Crippen molar-refractivity contribution < 1.29 is 4.39 Å². The number of likely N-dealkylation sites (tertiary alicyclic amines) is 1. The first-order valence-electron chi connectivity index (χ1n) is 5.97. The van der Waals surface area contributed by atoms with Crippen molar-refractivity contribution in [3.05, 3.63) is 23.7 Å². The van der Waals surface area contributed by atoms with E-state index in [1.807, 2.05) is 28.8 Å². The summed E-state index contributed by atoms with van der Waals surface area (Å²) in [5, 5.41) is 1.09. The summed E-state index contributed by atoms with van der Waals surface area (Å²) in [5.41, 5.74) is 0.715. The van der Waals surface area contributed by atoms with Gasteiger partial charge in [-0.3, -0.25) is 0 Å². The summed E-state index contributed by atoms with van der Waals surface area (Å²) >= 11 is 5.81. The fourth-order valence-corrected chi connectivity index (χ4v) is 2.67. The van der Waals surface area contributed by atoms with Crippen LogP contribution in [-0.2, 0) is 0 Å². The first-order chi connectivity index (χ1) is 8.65. The Kier molecular flexibility index (Phi) is 2.95. The van der Waals surface area contributed by atoms with Crippen LogP contribution in [0.4, 0.5) is 4.39 Å². The Labute approximate surface area is 109 Å². The van der Waals surface area contributed by atoms with Crippen LogP contribution < -0.4 is 0 Å². The van der Waals surface area contributed by atoms with Crippen molar-refractivity contribution in [2.45, 2.75) is 18.6 Å². The van der Waals surface area contributed by atoms with E-state index in [1.54, 1.807) is 6.20 Å². The lowest BCUT2D eigenvalue weighted by Crippen LogP contribution is -2.40. The lowest BCUT2D eigenvalue weighted by Gasteiger charge is -2.33. The number of halogens is 2. The van der Waals surface area contributed by atoms with Crippen LogP contribution in [0.1, 0.15) is 12.5 Å². The highest BCUT2D eigenvalue weighted by atomic mass is 35.5. The monoisotopic (exact) mass is 268 g/mol. The SMILES string of the molecule is CN1CC[C@@H](n2ccc3cnc(Cl)nc32)[C@@H](F)C1. The number of aromatic nitrogens is 3. The average Bonchev–Trinajstić information content (AvgIpc) is 2.72. The van der Waals surface area contributed by atoms with E-state index in [0.29, 0.717) is 12.2 Å². The minimum absolute atomic E-state index is 0.162. The molecular formula is C12H14ClFN4. The van der Waals surface area contributed by atoms with Crippen LogP contribution in [0.15, 0.2) is 18.5 Å². The van der Waals surface area contributed by atoms with Gasteiger partial charge >= 0.3 is 0 Å². The molecule has 6 heteroatoms. The van der Waals surface area contributed by atoms with Gasteiger partial charge in [-0.1, -0.05) is 0 Å². The Hall–Kier alpha value is -1.20. The predicted molar refractivity (Wildman–Crippen MR) is 68.6 cm³/mol. The standard InChI is InChI=1S/C12H14ClFN4/c1-17-4-3-10(9(14)7-17)18-5-2-8-6-15-12(13)16-11(8)18/h2,5-6,9-10H,3-4,7H2,1H3/t9-,10+/m0/s1. The highest BCUT2D eigenvalue weighted by Gasteiger charge is 2.29. The molecule has 0 saturated carbocycles. The van der Waals surface area contributed by atoms with E-state index in [4.69, 9.17) is 11.6 Å². The molecule has 2 atom stereocenters. The third-order valence-electron chi connectivity index (χ3n) is 3.49. The first kappa shape index (κ1) is 11.9. The van der Waals surface area contributed by atoms with Crippen molar-refractivity contribution in [3.63, 3.8) is 0 Å². The van der Waals surface area contributed by atoms with E-state index < -0.39 is 6.17 Å².